The van der Waals surface area contributed by atoms with Crippen molar-refractivity contribution in [1.82, 2.24) is 20.1 Å². The monoisotopic (exact) mass is 373 g/mol. The summed E-state index contributed by atoms with van der Waals surface area (Å²) in [5, 5.41) is 19.6. The Kier molecular flexibility index (Phi) is 7.64. The number of nitriles is 1. The molecule has 8 nitrogen and oxygen atoms in total. The highest BCUT2D eigenvalue weighted by molar-refractivity contribution is 7.99. The van der Waals surface area contributed by atoms with E-state index in [0.717, 1.165) is 11.4 Å². The van der Waals surface area contributed by atoms with Crippen LogP contribution < -0.4 is 5.32 Å². The molecule has 1 aromatic carbocycles. The molecule has 0 aliphatic carbocycles. The van der Waals surface area contributed by atoms with Crippen LogP contribution in [0.25, 0.3) is 0 Å². The highest BCUT2D eigenvalue weighted by Crippen LogP contribution is 2.18. The van der Waals surface area contributed by atoms with Gasteiger partial charge >= 0.3 is 5.97 Å². The summed E-state index contributed by atoms with van der Waals surface area (Å²) in [4.78, 5) is 23.2. The Morgan fingerprint density at radius 3 is 2.81 bits per heavy atom. The molecule has 0 saturated heterocycles. The quantitative estimate of drug-likeness (QED) is 0.401. The van der Waals surface area contributed by atoms with Crippen molar-refractivity contribution in [2.45, 2.75) is 25.0 Å². The Morgan fingerprint density at radius 1 is 1.31 bits per heavy atom. The van der Waals surface area contributed by atoms with Crippen molar-refractivity contribution in [3.63, 3.8) is 0 Å². The van der Waals surface area contributed by atoms with Crippen LogP contribution in [0.1, 0.15) is 17.8 Å². The molecule has 1 amide bonds. The molecule has 0 fully saturated rings. The van der Waals surface area contributed by atoms with E-state index in [9.17, 15) is 9.59 Å². The molecule has 0 aliphatic rings. The van der Waals surface area contributed by atoms with Gasteiger partial charge in [-0.05, 0) is 12.5 Å². The summed E-state index contributed by atoms with van der Waals surface area (Å²) in [6.45, 7) is 2.34. The van der Waals surface area contributed by atoms with Gasteiger partial charge in [0.1, 0.15) is 5.82 Å². The molecule has 2 aromatic rings. The van der Waals surface area contributed by atoms with Gasteiger partial charge in [-0.2, -0.15) is 5.26 Å². The summed E-state index contributed by atoms with van der Waals surface area (Å²) in [6.07, 6.45) is 0.214. The number of amides is 1. The number of rotatable bonds is 9. The zero-order valence-corrected chi connectivity index (χ0v) is 15.2. The molecule has 1 N–H and O–H groups in total. The lowest BCUT2D eigenvalue weighted by Gasteiger charge is -2.08. The van der Waals surface area contributed by atoms with Crippen LogP contribution in [0.15, 0.2) is 35.5 Å². The maximum absolute atomic E-state index is 11.8. The van der Waals surface area contributed by atoms with Gasteiger partial charge < -0.3 is 14.6 Å². The van der Waals surface area contributed by atoms with Gasteiger partial charge in [-0.25, -0.2) is 0 Å². The number of carbonyl (C=O) groups is 2. The van der Waals surface area contributed by atoms with Crippen molar-refractivity contribution in [1.29, 1.82) is 5.26 Å². The third-order valence-electron chi connectivity index (χ3n) is 3.33. The Labute approximate surface area is 155 Å². The van der Waals surface area contributed by atoms with Crippen LogP contribution in [0.3, 0.4) is 0 Å². The number of nitrogens with one attached hydrogen (secondary N) is 1. The molecule has 2 rings (SSSR count). The van der Waals surface area contributed by atoms with Crippen molar-refractivity contribution in [2.75, 3.05) is 18.9 Å². The second kappa shape index (κ2) is 10.2. The van der Waals surface area contributed by atoms with Crippen molar-refractivity contribution >= 4 is 23.6 Å². The molecule has 136 valence electrons. The first-order valence-electron chi connectivity index (χ1n) is 7.96. The molecule has 9 heteroatoms. The minimum atomic E-state index is -0.516. The maximum Gasteiger partial charge on any atom is 0.316 e. The Bertz CT molecular complexity index is 785. The number of aromatic nitrogens is 3. The standard InChI is InChI=1S/C17H19N5O3S/c1-13-20-21-17(22(13)10-14-6-3-2-4-7-14)26-12-16(24)25-11-15(23)19-9-5-8-18/h2-4,6-7H,5,9-12H2,1H3,(H,19,23). The number of aryl methyl sites for hydroxylation is 1. The van der Waals surface area contributed by atoms with Gasteiger partial charge in [0.05, 0.1) is 24.8 Å². The number of hydrogen-bond donors (Lipinski definition) is 1. The van der Waals surface area contributed by atoms with Crippen LogP contribution in [0, 0.1) is 18.3 Å². The molecule has 0 spiro atoms. The van der Waals surface area contributed by atoms with Crippen LogP contribution >= 0.6 is 11.8 Å². The summed E-state index contributed by atoms with van der Waals surface area (Å²) in [7, 11) is 0. The molecule has 0 saturated carbocycles. The normalized spacial score (nSPS) is 10.2. The molecule has 1 aromatic heterocycles. The first-order valence-corrected chi connectivity index (χ1v) is 8.94. The maximum atomic E-state index is 11.8. The lowest BCUT2D eigenvalue weighted by molar-refractivity contribution is -0.145. The number of esters is 1. The largest absolute Gasteiger partial charge is 0.455 e. The van der Waals surface area contributed by atoms with Gasteiger partial charge in [-0.1, -0.05) is 42.1 Å². The summed E-state index contributed by atoms with van der Waals surface area (Å²) in [5.41, 5.74) is 1.11. The average molecular weight is 373 g/mol. The van der Waals surface area contributed by atoms with E-state index in [1.807, 2.05) is 47.9 Å². The van der Waals surface area contributed by atoms with E-state index in [1.165, 1.54) is 11.8 Å². The van der Waals surface area contributed by atoms with Crippen LogP contribution in [-0.4, -0.2) is 45.5 Å². The summed E-state index contributed by atoms with van der Waals surface area (Å²) in [5.74, 6) is -0.168. The Balaban J connectivity index is 1.81. The number of hydrogen-bond acceptors (Lipinski definition) is 7. The van der Waals surface area contributed by atoms with Gasteiger partial charge in [-0.3, -0.25) is 9.59 Å². The van der Waals surface area contributed by atoms with E-state index in [2.05, 4.69) is 15.5 Å². The average Bonchev–Trinajstić information content (AvgIpc) is 2.99. The molecule has 0 bridgehead atoms. The Morgan fingerprint density at radius 2 is 2.08 bits per heavy atom. The smallest absolute Gasteiger partial charge is 0.316 e. The molecule has 0 aliphatic heterocycles. The van der Waals surface area contributed by atoms with Gasteiger partial charge in [0.2, 0.25) is 0 Å². The molecular weight excluding hydrogens is 354 g/mol. The molecule has 1 heterocycles. The second-order valence-electron chi connectivity index (χ2n) is 5.31. The second-order valence-corrected chi connectivity index (χ2v) is 6.25. The van der Waals surface area contributed by atoms with E-state index in [-0.39, 0.29) is 25.3 Å². The minimum Gasteiger partial charge on any atom is -0.455 e. The van der Waals surface area contributed by atoms with Gasteiger partial charge in [0, 0.05) is 6.54 Å². The number of benzene rings is 1. The van der Waals surface area contributed by atoms with Crippen LogP contribution in [-0.2, 0) is 20.9 Å². The summed E-state index contributed by atoms with van der Waals surface area (Å²) >= 11 is 1.21. The van der Waals surface area contributed by atoms with Gasteiger partial charge in [0.15, 0.2) is 11.8 Å². The topological polar surface area (TPSA) is 110 Å². The summed E-state index contributed by atoms with van der Waals surface area (Å²) in [6, 6.07) is 11.8. The van der Waals surface area contributed by atoms with Crippen molar-refractivity contribution in [2.24, 2.45) is 0 Å². The van der Waals surface area contributed by atoms with E-state index in [1.54, 1.807) is 0 Å². The van der Waals surface area contributed by atoms with E-state index >= 15 is 0 Å². The fourth-order valence-corrected chi connectivity index (χ4v) is 2.82. The predicted molar refractivity (Wildman–Crippen MR) is 95.2 cm³/mol. The number of nitrogens with zero attached hydrogens (tertiary/aromatic N) is 4. The fourth-order valence-electron chi connectivity index (χ4n) is 2.04. The lowest BCUT2D eigenvalue weighted by atomic mass is 10.2. The highest BCUT2D eigenvalue weighted by atomic mass is 32.2. The highest BCUT2D eigenvalue weighted by Gasteiger charge is 2.13. The number of thioether (sulfide) groups is 1. The molecule has 0 radical (unpaired) electrons. The summed E-state index contributed by atoms with van der Waals surface area (Å²) < 4.78 is 6.83. The van der Waals surface area contributed by atoms with Crippen LogP contribution in [0.5, 0.6) is 0 Å². The molecule has 0 atom stereocenters. The van der Waals surface area contributed by atoms with Gasteiger partial charge in [0.25, 0.3) is 5.91 Å². The number of ether oxygens (including phenoxy) is 1. The molecular formula is C17H19N5O3S. The zero-order valence-electron chi connectivity index (χ0n) is 14.3. The van der Waals surface area contributed by atoms with Crippen LogP contribution in [0.2, 0.25) is 0 Å². The Hall–Kier alpha value is -2.86. The predicted octanol–water partition coefficient (Wildman–Crippen LogP) is 1.30. The van der Waals surface area contributed by atoms with E-state index < -0.39 is 11.9 Å². The molecule has 26 heavy (non-hydrogen) atoms. The zero-order chi connectivity index (χ0) is 18.8. The first-order chi connectivity index (χ1) is 12.6. The SMILES string of the molecule is Cc1nnc(SCC(=O)OCC(=O)NCCC#N)n1Cc1ccccc1. The van der Waals surface area contributed by atoms with Gasteiger partial charge in [-0.15, -0.1) is 10.2 Å². The van der Waals surface area contributed by atoms with E-state index in [4.69, 9.17) is 10.00 Å². The fraction of sp³-hybridized carbons (Fsp3) is 0.353. The number of carbonyl (C=O) groups excluding carboxylic acids is 2. The minimum absolute atomic E-state index is 0.0262. The van der Waals surface area contributed by atoms with Crippen molar-refractivity contribution < 1.29 is 14.3 Å². The first kappa shape index (κ1) is 19.5. The van der Waals surface area contributed by atoms with Crippen LogP contribution in [0.4, 0.5) is 0 Å². The van der Waals surface area contributed by atoms with Crippen molar-refractivity contribution in [3.05, 3.63) is 41.7 Å². The van der Waals surface area contributed by atoms with E-state index in [0.29, 0.717) is 11.7 Å². The third kappa shape index (κ3) is 6.22. The lowest BCUT2D eigenvalue weighted by Crippen LogP contribution is -2.29. The van der Waals surface area contributed by atoms with Crippen molar-refractivity contribution in [3.8, 4) is 6.07 Å². The third-order valence-corrected chi connectivity index (χ3v) is 4.27. The molecule has 0 unspecified atom stereocenters.